The molecule has 4 nitrogen and oxygen atoms in total. The number of aliphatic hydroxyl groups excluding tert-OH is 1. The van der Waals surface area contributed by atoms with E-state index in [0.717, 1.165) is 23.5 Å². The highest BCUT2D eigenvalue weighted by atomic mass is 32.2. The lowest BCUT2D eigenvalue weighted by Crippen LogP contribution is -2.27. The maximum atomic E-state index is 11.7. The SMILES string of the molecule is Cc1cccnc1C(=O)NCCSCCCO. The minimum atomic E-state index is -0.120. The van der Waals surface area contributed by atoms with Crippen molar-refractivity contribution in [2.75, 3.05) is 24.7 Å². The van der Waals surface area contributed by atoms with Gasteiger partial charge in [-0.05, 0) is 30.7 Å². The van der Waals surface area contributed by atoms with Crippen molar-refractivity contribution in [1.82, 2.24) is 10.3 Å². The van der Waals surface area contributed by atoms with E-state index in [1.165, 1.54) is 0 Å². The Labute approximate surface area is 106 Å². The average Bonchev–Trinajstić information content (AvgIpc) is 2.34. The number of hydrogen-bond donors (Lipinski definition) is 2. The van der Waals surface area contributed by atoms with E-state index in [1.54, 1.807) is 18.0 Å². The van der Waals surface area contributed by atoms with Gasteiger partial charge >= 0.3 is 0 Å². The van der Waals surface area contributed by atoms with Crippen LogP contribution in [-0.2, 0) is 0 Å². The molecule has 0 saturated heterocycles. The van der Waals surface area contributed by atoms with Gasteiger partial charge in [0.05, 0.1) is 0 Å². The van der Waals surface area contributed by atoms with E-state index in [9.17, 15) is 4.79 Å². The lowest BCUT2D eigenvalue weighted by Gasteiger charge is -2.06. The van der Waals surface area contributed by atoms with Crippen LogP contribution in [-0.4, -0.2) is 40.7 Å². The second-order valence-corrected chi connectivity index (χ2v) is 4.84. The number of thioether (sulfide) groups is 1. The number of rotatable bonds is 7. The first-order valence-corrected chi connectivity index (χ1v) is 6.79. The van der Waals surface area contributed by atoms with Gasteiger partial charge in [-0.25, -0.2) is 0 Å². The van der Waals surface area contributed by atoms with Crippen molar-refractivity contribution < 1.29 is 9.90 Å². The third-order valence-electron chi connectivity index (χ3n) is 2.20. The Morgan fingerprint density at radius 1 is 1.53 bits per heavy atom. The van der Waals surface area contributed by atoms with Crippen molar-refractivity contribution >= 4 is 17.7 Å². The Kier molecular flexibility index (Phi) is 6.65. The van der Waals surface area contributed by atoms with Gasteiger partial charge in [0.25, 0.3) is 5.91 Å². The fourth-order valence-corrected chi connectivity index (χ4v) is 2.10. The number of amides is 1. The van der Waals surface area contributed by atoms with Crippen LogP contribution in [0.25, 0.3) is 0 Å². The minimum absolute atomic E-state index is 0.120. The molecule has 0 saturated carbocycles. The summed E-state index contributed by atoms with van der Waals surface area (Å²) in [5, 5.41) is 11.4. The number of aliphatic hydroxyl groups is 1. The van der Waals surface area contributed by atoms with Crippen molar-refractivity contribution in [3.05, 3.63) is 29.6 Å². The lowest BCUT2D eigenvalue weighted by molar-refractivity contribution is 0.0950. The number of aromatic nitrogens is 1. The van der Waals surface area contributed by atoms with E-state index in [1.807, 2.05) is 19.1 Å². The van der Waals surface area contributed by atoms with E-state index in [0.29, 0.717) is 12.2 Å². The molecule has 0 aliphatic rings. The van der Waals surface area contributed by atoms with Gasteiger partial charge in [0, 0.05) is 25.1 Å². The van der Waals surface area contributed by atoms with E-state index in [-0.39, 0.29) is 12.5 Å². The van der Waals surface area contributed by atoms with Crippen LogP contribution in [0.1, 0.15) is 22.5 Å². The number of carbonyl (C=O) groups excluding carboxylic acids is 1. The van der Waals surface area contributed by atoms with E-state index in [2.05, 4.69) is 10.3 Å². The molecule has 0 fully saturated rings. The van der Waals surface area contributed by atoms with Crippen LogP contribution in [0, 0.1) is 6.92 Å². The third kappa shape index (κ3) is 5.19. The smallest absolute Gasteiger partial charge is 0.270 e. The highest BCUT2D eigenvalue weighted by Gasteiger charge is 2.08. The van der Waals surface area contributed by atoms with Crippen LogP contribution in [0.3, 0.4) is 0 Å². The molecular weight excluding hydrogens is 236 g/mol. The number of nitrogens with zero attached hydrogens (tertiary/aromatic N) is 1. The van der Waals surface area contributed by atoms with Gasteiger partial charge in [-0.1, -0.05) is 6.07 Å². The molecule has 0 aliphatic heterocycles. The van der Waals surface area contributed by atoms with E-state index in [4.69, 9.17) is 5.11 Å². The van der Waals surface area contributed by atoms with Crippen LogP contribution < -0.4 is 5.32 Å². The molecule has 0 unspecified atom stereocenters. The molecule has 1 aromatic rings. The number of aryl methyl sites for hydroxylation is 1. The summed E-state index contributed by atoms with van der Waals surface area (Å²) in [5.74, 6) is 1.66. The van der Waals surface area contributed by atoms with E-state index < -0.39 is 0 Å². The molecule has 17 heavy (non-hydrogen) atoms. The molecule has 0 aromatic carbocycles. The Morgan fingerprint density at radius 2 is 2.35 bits per heavy atom. The van der Waals surface area contributed by atoms with Crippen LogP contribution >= 0.6 is 11.8 Å². The molecule has 1 heterocycles. The van der Waals surface area contributed by atoms with Crippen molar-refractivity contribution in [2.45, 2.75) is 13.3 Å². The Bertz CT molecular complexity index is 358. The lowest BCUT2D eigenvalue weighted by atomic mass is 10.2. The summed E-state index contributed by atoms with van der Waals surface area (Å²) < 4.78 is 0. The quantitative estimate of drug-likeness (QED) is 0.719. The first kappa shape index (κ1) is 14.0. The van der Waals surface area contributed by atoms with Crippen molar-refractivity contribution in [2.24, 2.45) is 0 Å². The molecule has 0 radical (unpaired) electrons. The molecule has 0 bridgehead atoms. The summed E-state index contributed by atoms with van der Waals surface area (Å²) in [6, 6.07) is 3.69. The van der Waals surface area contributed by atoms with Gasteiger partial charge in [-0.15, -0.1) is 0 Å². The Hall–Kier alpha value is -1.07. The molecule has 1 amide bonds. The molecular formula is C12H18N2O2S. The zero-order valence-electron chi connectivity index (χ0n) is 9.98. The van der Waals surface area contributed by atoms with Gasteiger partial charge in [0.1, 0.15) is 5.69 Å². The monoisotopic (exact) mass is 254 g/mol. The normalized spacial score (nSPS) is 10.2. The van der Waals surface area contributed by atoms with Crippen molar-refractivity contribution in [3.8, 4) is 0 Å². The second kappa shape index (κ2) is 8.08. The zero-order chi connectivity index (χ0) is 12.5. The zero-order valence-corrected chi connectivity index (χ0v) is 10.8. The molecule has 0 aliphatic carbocycles. The summed E-state index contributed by atoms with van der Waals surface area (Å²) in [5.41, 5.74) is 1.38. The Morgan fingerprint density at radius 3 is 3.06 bits per heavy atom. The standard InChI is InChI=1S/C12H18N2O2S/c1-10-4-2-5-13-11(10)12(16)14-6-9-17-8-3-7-15/h2,4-5,15H,3,6-9H2,1H3,(H,14,16). The first-order chi connectivity index (χ1) is 8.25. The fourth-order valence-electron chi connectivity index (χ4n) is 1.31. The van der Waals surface area contributed by atoms with Gasteiger partial charge in [0.2, 0.25) is 0 Å². The highest BCUT2D eigenvalue weighted by Crippen LogP contribution is 2.03. The van der Waals surface area contributed by atoms with Crippen LogP contribution in [0.2, 0.25) is 0 Å². The van der Waals surface area contributed by atoms with Gasteiger partial charge in [0.15, 0.2) is 0 Å². The average molecular weight is 254 g/mol. The predicted molar refractivity (Wildman–Crippen MR) is 70.3 cm³/mol. The van der Waals surface area contributed by atoms with Gasteiger partial charge < -0.3 is 10.4 Å². The fraction of sp³-hybridized carbons (Fsp3) is 0.500. The summed E-state index contributed by atoms with van der Waals surface area (Å²) in [7, 11) is 0. The maximum absolute atomic E-state index is 11.7. The summed E-state index contributed by atoms with van der Waals surface area (Å²) in [6.45, 7) is 2.73. The number of nitrogens with one attached hydrogen (secondary N) is 1. The molecule has 0 atom stereocenters. The molecule has 0 spiro atoms. The number of carbonyl (C=O) groups is 1. The third-order valence-corrected chi connectivity index (χ3v) is 3.27. The topological polar surface area (TPSA) is 62.2 Å². The van der Waals surface area contributed by atoms with Crippen molar-refractivity contribution in [1.29, 1.82) is 0 Å². The molecule has 5 heteroatoms. The summed E-state index contributed by atoms with van der Waals surface area (Å²) in [6.07, 6.45) is 2.43. The first-order valence-electron chi connectivity index (χ1n) is 5.64. The molecule has 1 aromatic heterocycles. The second-order valence-electron chi connectivity index (χ2n) is 3.61. The maximum Gasteiger partial charge on any atom is 0.270 e. The molecule has 94 valence electrons. The Balaban J connectivity index is 2.24. The largest absolute Gasteiger partial charge is 0.396 e. The van der Waals surface area contributed by atoms with E-state index >= 15 is 0 Å². The summed E-state index contributed by atoms with van der Waals surface area (Å²) in [4.78, 5) is 15.8. The van der Waals surface area contributed by atoms with Crippen LogP contribution in [0.15, 0.2) is 18.3 Å². The minimum Gasteiger partial charge on any atom is -0.396 e. The van der Waals surface area contributed by atoms with Crippen molar-refractivity contribution in [3.63, 3.8) is 0 Å². The van der Waals surface area contributed by atoms with Crippen LogP contribution in [0.4, 0.5) is 0 Å². The number of pyridine rings is 1. The molecule has 1 rings (SSSR count). The number of hydrogen-bond acceptors (Lipinski definition) is 4. The van der Waals surface area contributed by atoms with Gasteiger partial charge in [-0.3, -0.25) is 9.78 Å². The van der Waals surface area contributed by atoms with Gasteiger partial charge in [-0.2, -0.15) is 11.8 Å². The van der Waals surface area contributed by atoms with Crippen LogP contribution in [0.5, 0.6) is 0 Å². The summed E-state index contributed by atoms with van der Waals surface area (Å²) >= 11 is 1.72. The highest BCUT2D eigenvalue weighted by molar-refractivity contribution is 7.99. The predicted octanol–water partition coefficient (Wildman–Crippen LogP) is 1.24. The molecule has 2 N–H and O–H groups in total.